The highest BCUT2D eigenvalue weighted by Crippen LogP contribution is 2.38. The molecule has 2 unspecified atom stereocenters. The van der Waals surface area contributed by atoms with Crippen LogP contribution in [0.1, 0.15) is 12.8 Å². The van der Waals surface area contributed by atoms with E-state index in [1.165, 1.54) is 0 Å². The normalized spacial score (nSPS) is 41.8. The molecule has 0 aliphatic heterocycles. The van der Waals surface area contributed by atoms with Crippen LogP contribution in [0.15, 0.2) is 0 Å². The lowest BCUT2D eigenvalue weighted by molar-refractivity contribution is -0.165. The molecule has 0 saturated heterocycles. The third-order valence-corrected chi connectivity index (χ3v) is 1.61. The molecule has 0 aromatic heterocycles. The predicted molar refractivity (Wildman–Crippen MR) is 25.6 cm³/mol. The van der Waals surface area contributed by atoms with Gasteiger partial charge >= 0.3 is 5.97 Å². The molecule has 4 heteroatoms. The molecule has 0 bridgehead atoms. The fourth-order valence-electron chi connectivity index (χ4n) is 0.748. The first-order chi connectivity index (χ1) is 4.07. The number of halogens is 2. The fraction of sp³-hybridized carbons (Fsp3) is 0.800. The summed E-state index contributed by atoms with van der Waals surface area (Å²) in [6, 6.07) is 0. The van der Waals surface area contributed by atoms with Gasteiger partial charge in [0.2, 0.25) is 5.67 Å². The lowest BCUT2D eigenvalue weighted by Crippen LogP contribution is -2.51. The van der Waals surface area contributed by atoms with E-state index in [0.29, 0.717) is 0 Å². The van der Waals surface area contributed by atoms with Crippen molar-refractivity contribution in [1.82, 2.24) is 0 Å². The Labute approximate surface area is 50.5 Å². The van der Waals surface area contributed by atoms with E-state index in [-0.39, 0.29) is 12.8 Å². The number of aliphatic carboxylic acids is 1. The summed E-state index contributed by atoms with van der Waals surface area (Å²) in [7, 11) is 0. The summed E-state index contributed by atoms with van der Waals surface area (Å²) in [4.78, 5) is 9.90. The molecule has 0 amide bonds. The van der Waals surface area contributed by atoms with E-state index in [1.807, 2.05) is 0 Å². The van der Waals surface area contributed by atoms with E-state index in [1.54, 1.807) is 0 Å². The van der Waals surface area contributed by atoms with Crippen LogP contribution in [0.3, 0.4) is 0 Å². The van der Waals surface area contributed by atoms with E-state index >= 15 is 0 Å². The molecule has 52 valence electrons. The molecular formula is C5H6F2O2. The molecule has 1 aliphatic rings. The van der Waals surface area contributed by atoms with Gasteiger partial charge in [-0.3, -0.25) is 0 Å². The molecule has 1 N–H and O–H groups in total. The molecule has 0 spiro atoms. The van der Waals surface area contributed by atoms with Crippen molar-refractivity contribution in [3.8, 4) is 0 Å². The summed E-state index contributed by atoms with van der Waals surface area (Å²) in [5.41, 5.74) is -2.57. The van der Waals surface area contributed by atoms with Crippen molar-refractivity contribution < 1.29 is 18.7 Å². The van der Waals surface area contributed by atoms with Gasteiger partial charge in [-0.05, 0) is 12.8 Å². The van der Waals surface area contributed by atoms with Crippen LogP contribution in [-0.2, 0) is 4.79 Å². The zero-order chi connectivity index (χ0) is 7.07. The number of carboxylic acid groups (broad SMARTS) is 1. The smallest absolute Gasteiger partial charge is 0.344 e. The third-order valence-electron chi connectivity index (χ3n) is 1.61. The van der Waals surface area contributed by atoms with Gasteiger partial charge in [-0.2, -0.15) is 0 Å². The molecule has 0 radical (unpaired) electrons. The van der Waals surface area contributed by atoms with Gasteiger partial charge in [0.1, 0.15) is 6.17 Å². The summed E-state index contributed by atoms with van der Waals surface area (Å²) in [6.45, 7) is 0. The largest absolute Gasteiger partial charge is 0.479 e. The second-order valence-electron chi connectivity index (χ2n) is 2.17. The predicted octanol–water partition coefficient (Wildman–Crippen LogP) is 0.911. The van der Waals surface area contributed by atoms with Crippen molar-refractivity contribution in [3.05, 3.63) is 0 Å². The van der Waals surface area contributed by atoms with Gasteiger partial charge in [0.15, 0.2) is 0 Å². The van der Waals surface area contributed by atoms with Crippen molar-refractivity contribution in [1.29, 1.82) is 0 Å². The minimum atomic E-state index is -2.57. The van der Waals surface area contributed by atoms with Crippen LogP contribution < -0.4 is 0 Å². The zero-order valence-electron chi connectivity index (χ0n) is 4.60. The van der Waals surface area contributed by atoms with Crippen molar-refractivity contribution >= 4 is 5.97 Å². The summed E-state index contributed by atoms with van der Waals surface area (Å²) < 4.78 is 24.5. The first-order valence-electron chi connectivity index (χ1n) is 2.64. The third kappa shape index (κ3) is 0.693. The Bertz CT molecular complexity index is 148. The zero-order valence-corrected chi connectivity index (χ0v) is 4.60. The number of carbonyl (C=O) groups is 1. The molecule has 1 fully saturated rings. The summed E-state index contributed by atoms with van der Waals surface area (Å²) in [5.74, 6) is -1.68. The van der Waals surface area contributed by atoms with Crippen LogP contribution in [0.25, 0.3) is 0 Å². The van der Waals surface area contributed by atoms with Gasteiger partial charge in [-0.15, -0.1) is 0 Å². The van der Waals surface area contributed by atoms with Gasteiger partial charge in [0.25, 0.3) is 0 Å². The summed E-state index contributed by atoms with van der Waals surface area (Å²) in [5, 5.41) is 8.05. The molecular weight excluding hydrogens is 130 g/mol. The standard InChI is InChI=1S/C5H6F2O2/c6-3-1-2-5(3,7)4(8)9/h3H,1-2H2,(H,8,9). The number of rotatable bonds is 1. The van der Waals surface area contributed by atoms with E-state index < -0.39 is 17.8 Å². The Hall–Kier alpha value is -0.670. The lowest BCUT2D eigenvalue weighted by Gasteiger charge is -2.33. The number of hydrogen-bond acceptors (Lipinski definition) is 1. The quantitative estimate of drug-likeness (QED) is 0.581. The Morgan fingerprint density at radius 2 is 2.33 bits per heavy atom. The Morgan fingerprint density at radius 3 is 2.33 bits per heavy atom. The molecule has 0 heterocycles. The average Bonchev–Trinajstić information content (AvgIpc) is 1.82. The van der Waals surface area contributed by atoms with Crippen molar-refractivity contribution in [2.75, 3.05) is 0 Å². The summed E-state index contributed by atoms with van der Waals surface area (Å²) in [6.07, 6.45) is -1.96. The van der Waals surface area contributed by atoms with Crippen LogP contribution in [0, 0.1) is 0 Å². The summed E-state index contributed by atoms with van der Waals surface area (Å²) >= 11 is 0. The molecule has 9 heavy (non-hydrogen) atoms. The van der Waals surface area contributed by atoms with Gasteiger partial charge in [0.05, 0.1) is 0 Å². The second kappa shape index (κ2) is 1.65. The Morgan fingerprint density at radius 1 is 1.78 bits per heavy atom. The van der Waals surface area contributed by atoms with Gasteiger partial charge in [-0.25, -0.2) is 13.6 Å². The maximum absolute atomic E-state index is 12.4. The van der Waals surface area contributed by atoms with Gasteiger partial charge < -0.3 is 5.11 Å². The Kier molecular flexibility index (Phi) is 1.18. The Balaban J connectivity index is 2.64. The molecule has 0 aromatic rings. The van der Waals surface area contributed by atoms with E-state index in [2.05, 4.69) is 0 Å². The molecule has 1 saturated carbocycles. The number of carboxylic acids is 1. The van der Waals surface area contributed by atoms with Gasteiger partial charge in [-0.1, -0.05) is 0 Å². The second-order valence-corrected chi connectivity index (χ2v) is 2.17. The first-order valence-corrected chi connectivity index (χ1v) is 2.64. The number of hydrogen-bond donors (Lipinski definition) is 1. The monoisotopic (exact) mass is 136 g/mol. The maximum atomic E-state index is 12.4. The maximum Gasteiger partial charge on any atom is 0.344 e. The van der Waals surface area contributed by atoms with E-state index in [0.717, 1.165) is 0 Å². The van der Waals surface area contributed by atoms with E-state index in [9.17, 15) is 13.6 Å². The highest BCUT2D eigenvalue weighted by Gasteiger charge is 2.55. The molecule has 2 nitrogen and oxygen atoms in total. The topological polar surface area (TPSA) is 37.3 Å². The van der Waals surface area contributed by atoms with Crippen molar-refractivity contribution in [2.24, 2.45) is 0 Å². The SMILES string of the molecule is O=C(O)C1(F)CCC1F. The molecule has 2 atom stereocenters. The molecule has 1 aliphatic carbocycles. The van der Waals surface area contributed by atoms with E-state index in [4.69, 9.17) is 5.11 Å². The molecule has 1 rings (SSSR count). The highest BCUT2D eigenvalue weighted by molar-refractivity contribution is 5.79. The number of alkyl halides is 2. The van der Waals surface area contributed by atoms with Crippen LogP contribution in [0.5, 0.6) is 0 Å². The average molecular weight is 136 g/mol. The van der Waals surface area contributed by atoms with Crippen LogP contribution in [0.2, 0.25) is 0 Å². The lowest BCUT2D eigenvalue weighted by atomic mass is 9.80. The highest BCUT2D eigenvalue weighted by atomic mass is 19.2. The van der Waals surface area contributed by atoms with Crippen molar-refractivity contribution in [3.63, 3.8) is 0 Å². The minimum Gasteiger partial charge on any atom is -0.479 e. The minimum absolute atomic E-state index is 0.0306. The van der Waals surface area contributed by atoms with Crippen LogP contribution >= 0.6 is 0 Å². The fourth-order valence-corrected chi connectivity index (χ4v) is 0.748. The molecule has 0 aromatic carbocycles. The van der Waals surface area contributed by atoms with Crippen LogP contribution in [0.4, 0.5) is 8.78 Å². The first kappa shape index (κ1) is 6.45. The van der Waals surface area contributed by atoms with Crippen molar-refractivity contribution in [2.45, 2.75) is 24.7 Å². The van der Waals surface area contributed by atoms with Gasteiger partial charge in [0, 0.05) is 0 Å². The van der Waals surface area contributed by atoms with Crippen LogP contribution in [-0.4, -0.2) is 22.9 Å².